The number of nitrogens with zero attached hydrogens (tertiary/aromatic N) is 3. The molecule has 3 aromatic rings. The zero-order valence-electron chi connectivity index (χ0n) is 30.9. The molecule has 2 N–H and O–H groups in total. The number of piperazine rings is 1. The van der Waals surface area contributed by atoms with Crippen molar-refractivity contribution >= 4 is 35.4 Å². The minimum absolute atomic E-state index is 0.0341. The van der Waals surface area contributed by atoms with Crippen LogP contribution < -0.4 is 10.5 Å². The maximum Gasteiger partial charge on any atom is 0.334 e. The fourth-order valence-electron chi connectivity index (χ4n) is 5.92. The first-order chi connectivity index (χ1) is 25.5. The van der Waals surface area contributed by atoms with Gasteiger partial charge in [0.2, 0.25) is 17.4 Å². The van der Waals surface area contributed by atoms with Crippen LogP contribution in [-0.4, -0.2) is 85.0 Å². The highest BCUT2D eigenvalue weighted by Gasteiger charge is 2.36. The van der Waals surface area contributed by atoms with Crippen LogP contribution in [0.15, 0.2) is 59.1 Å². The molecule has 0 unspecified atom stereocenters. The number of ether oxygens (including phenoxy) is 3. The lowest BCUT2D eigenvalue weighted by Gasteiger charge is -2.37. The summed E-state index contributed by atoms with van der Waals surface area (Å²) in [5.74, 6) is -9.75. The molecule has 5 rings (SSSR count). The Morgan fingerprint density at radius 2 is 1.56 bits per heavy atom. The van der Waals surface area contributed by atoms with Gasteiger partial charge < -0.3 is 24.8 Å². The second-order valence-corrected chi connectivity index (χ2v) is 14.5. The summed E-state index contributed by atoms with van der Waals surface area (Å²) in [5, 5.41) is 0. The van der Waals surface area contributed by atoms with Crippen LogP contribution in [0.4, 0.5) is 23.2 Å². The van der Waals surface area contributed by atoms with Crippen LogP contribution in [0.1, 0.15) is 63.4 Å². The van der Waals surface area contributed by atoms with Crippen LogP contribution >= 0.6 is 0 Å². The van der Waals surface area contributed by atoms with Crippen molar-refractivity contribution in [2.45, 2.75) is 53.1 Å². The third kappa shape index (κ3) is 9.52. The summed E-state index contributed by atoms with van der Waals surface area (Å²) in [6, 6.07) is 13.1. The van der Waals surface area contributed by atoms with Crippen molar-refractivity contribution in [1.82, 2.24) is 9.80 Å². The Morgan fingerprint density at radius 1 is 0.889 bits per heavy atom. The van der Waals surface area contributed by atoms with Crippen LogP contribution in [0.25, 0.3) is 17.2 Å². The quantitative estimate of drug-likeness (QED) is 0.0926. The van der Waals surface area contributed by atoms with Crippen LogP contribution in [-0.2, 0) is 19.1 Å². The molecule has 0 radical (unpaired) electrons. The normalized spacial score (nSPS) is 15.2. The second kappa shape index (κ2) is 16.5. The van der Waals surface area contributed by atoms with Crippen molar-refractivity contribution in [2.24, 2.45) is 16.1 Å². The zero-order valence-corrected chi connectivity index (χ0v) is 30.9. The van der Waals surface area contributed by atoms with Crippen LogP contribution in [0, 0.1) is 28.7 Å². The van der Waals surface area contributed by atoms with Crippen LogP contribution in [0.2, 0.25) is 0 Å². The molecule has 0 spiro atoms. The van der Waals surface area contributed by atoms with E-state index in [1.165, 1.54) is 13.8 Å². The standard InChI is InChI=1S/C40H44F4N4O6/c1-6-52-37(50)28-19-26-11-10-25(20-31(26)46-32(45)21-28)24-8-7-9-27(18-24)36(49)48-16-14-47(15-17-48)13-12-40(4,5)53-23-39(2,3)38(51)54-35-33(43)29(41)22-30(42)34(35)44/h7-11,18-20,22H,6,12-17,21,23H2,1-5H3,(H2,45,46). The molecule has 1 fully saturated rings. The van der Waals surface area contributed by atoms with Gasteiger partial charge in [-0.3, -0.25) is 14.5 Å². The number of halogens is 4. The summed E-state index contributed by atoms with van der Waals surface area (Å²) in [4.78, 5) is 47.2. The van der Waals surface area contributed by atoms with Gasteiger partial charge in [0, 0.05) is 61.9 Å². The number of rotatable bonds is 12. The minimum atomic E-state index is -1.80. The smallest absolute Gasteiger partial charge is 0.334 e. The Kier molecular flexibility index (Phi) is 12.3. The van der Waals surface area contributed by atoms with Gasteiger partial charge in [0.15, 0.2) is 11.6 Å². The number of nitrogens with two attached hydrogens (primary N) is 1. The molecular formula is C40H44F4N4O6. The third-order valence-electron chi connectivity index (χ3n) is 9.31. The van der Waals surface area contributed by atoms with E-state index in [9.17, 15) is 31.9 Å². The first-order valence-electron chi connectivity index (χ1n) is 17.6. The van der Waals surface area contributed by atoms with Gasteiger partial charge in [-0.1, -0.05) is 24.3 Å². The average molecular weight is 753 g/mol. The van der Waals surface area contributed by atoms with Crippen molar-refractivity contribution in [3.63, 3.8) is 0 Å². The first kappa shape index (κ1) is 40.1. The van der Waals surface area contributed by atoms with E-state index >= 15 is 0 Å². The number of fused-ring (bicyclic) bond motifs is 1. The van der Waals surface area contributed by atoms with Crippen molar-refractivity contribution in [3.05, 3.63) is 88.5 Å². The number of hydrogen-bond acceptors (Lipinski definition) is 9. The molecule has 0 aliphatic carbocycles. The predicted octanol–water partition coefficient (Wildman–Crippen LogP) is 6.82. The molecule has 3 aromatic carbocycles. The third-order valence-corrected chi connectivity index (χ3v) is 9.31. The molecule has 0 aromatic heterocycles. The summed E-state index contributed by atoms with van der Waals surface area (Å²) >= 11 is 0. The Labute approximate surface area is 311 Å². The lowest BCUT2D eigenvalue weighted by molar-refractivity contribution is -0.152. The molecule has 288 valence electrons. The van der Waals surface area contributed by atoms with E-state index in [1.807, 2.05) is 55.1 Å². The number of benzene rings is 3. The molecule has 0 saturated carbocycles. The predicted molar refractivity (Wildman–Crippen MR) is 195 cm³/mol. The summed E-state index contributed by atoms with van der Waals surface area (Å²) in [7, 11) is 0. The van der Waals surface area contributed by atoms with E-state index in [-0.39, 0.29) is 31.6 Å². The van der Waals surface area contributed by atoms with Crippen molar-refractivity contribution in [3.8, 4) is 16.9 Å². The summed E-state index contributed by atoms with van der Waals surface area (Å²) < 4.78 is 71.2. The van der Waals surface area contributed by atoms with E-state index in [0.29, 0.717) is 61.8 Å². The number of aliphatic imine (C=N–C) groups is 1. The van der Waals surface area contributed by atoms with E-state index in [4.69, 9.17) is 19.9 Å². The topological polar surface area (TPSA) is 124 Å². The minimum Gasteiger partial charge on any atom is -0.463 e. The van der Waals surface area contributed by atoms with Gasteiger partial charge in [-0.2, -0.15) is 8.78 Å². The van der Waals surface area contributed by atoms with Gasteiger partial charge in [-0.05, 0) is 76.4 Å². The van der Waals surface area contributed by atoms with E-state index in [1.54, 1.807) is 19.1 Å². The van der Waals surface area contributed by atoms with E-state index < -0.39 is 52.0 Å². The maximum absolute atomic E-state index is 14.1. The SMILES string of the molecule is CCOC(=O)C1=Cc2ccc(-c3cccc(C(=O)N4CCN(CCC(C)(C)OCC(C)(C)C(=O)Oc5c(F)c(F)cc(F)c5F)CC4)c3)cc2N=C(N)C1. The molecule has 2 aliphatic rings. The molecule has 2 heterocycles. The van der Waals surface area contributed by atoms with Gasteiger partial charge in [-0.25, -0.2) is 18.6 Å². The van der Waals surface area contributed by atoms with Crippen molar-refractivity contribution in [1.29, 1.82) is 0 Å². The van der Waals surface area contributed by atoms with Crippen molar-refractivity contribution < 1.29 is 46.2 Å². The molecule has 1 saturated heterocycles. The van der Waals surface area contributed by atoms with Gasteiger partial charge >= 0.3 is 11.9 Å². The summed E-state index contributed by atoms with van der Waals surface area (Å²) in [5.41, 5.74) is 7.99. The van der Waals surface area contributed by atoms with E-state index in [2.05, 4.69) is 9.89 Å². The van der Waals surface area contributed by atoms with Crippen LogP contribution in [0.3, 0.4) is 0 Å². The zero-order chi connectivity index (χ0) is 39.4. The molecular weight excluding hydrogens is 708 g/mol. The van der Waals surface area contributed by atoms with Crippen molar-refractivity contribution in [2.75, 3.05) is 45.9 Å². The number of amides is 1. The van der Waals surface area contributed by atoms with Crippen LogP contribution in [0.5, 0.6) is 5.75 Å². The Hall–Kier alpha value is -5.08. The fraction of sp³-hybridized carbons (Fsp3) is 0.400. The molecule has 1 amide bonds. The molecule has 0 bridgehead atoms. The second-order valence-electron chi connectivity index (χ2n) is 14.5. The lowest BCUT2D eigenvalue weighted by Crippen LogP contribution is -2.49. The highest BCUT2D eigenvalue weighted by atomic mass is 19.2. The van der Waals surface area contributed by atoms with Gasteiger partial charge in [-0.15, -0.1) is 0 Å². The van der Waals surface area contributed by atoms with Gasteiger partial charge in [0.1, 0.15) is 5.84 Å². The average Bonchev–Trinajstić information content (AvgIpc) is 3.31. The Balaban J connectivity index is 1.13. The van der Waals surface area contributed by atoms with Gasteiger partial charge in [0.05, 0.1) is 29.9 Å². The molecule has 54 heavy (non-hydrogen) atoms. The largest absolute Gasteiger partial charge is 0.463 e. The molecule has 14 heteroatoms. The fourth-order valence-corrected chi connectivity index (χ4v) is 5.92. The summed E-state index contributed by atoms with van der Waals surface area (Å²) in [6.07, 6.45) is 2.48. The van der Waals surface area contributed by atoms with Gasteiger partial charge in [0.25, 0.3) is 5.91 Å². The highest BCUT2D eigenvalue weighted by molar-refractivity contribution is 6.03. The number of esters is 2. The van der Waals surface area contributed by atoms with E-state index in [0.717, 1.165) is 16.7 Å². The maximum atomic E-state index is 14.1. The molecule has 0 atom stereocenters. The number of hydrogen-bond donors (Lipinski definition) is 1. The first-order valence-corrected chi connectivity index (χ1v) is 17.6. The molecule has 10 nitrogen and oxygen atoms in total. The summed E-state index contributed by atoms with van der Waals surface area (Å²) in [6.45, 7) is 11.3. The Bertz CT molecular complexity index is 1960. The Morgan fingerprint density at radius 3 is 2.22 bits per heavy atom. The number of carbonyl (C=O) groups is 3. The number of carbonyl (C=O) groups excluding carboxylic acids is 3. The highest BCUT2D eigenvalue weighted by Crippen LogP contribution is 2.33. The molecule has 2 aliphatic heterocycles. The lowest BCUT2D eigenvalue weighted by atomic mass is 9.94. The monoisotopic (exact) mass is 752 g/mol. The number of amidine groups is 1.